The first-order valence-electron chi connectivity index (χ1n) is 9.76. The Hall–Kier alpha value is -2.67. The molecule has 5 rings (SSSR count). The molecule has 1 amide bonds. The van der Waals surface area contributed by atoms with E-state index < -0.39 is 0 Å². The fourth-order valence-electron chi connectivity index (χ4n) is 4.36. The van der Waals surface area contributed by atoms with Gasteiger partial charge in [0.25, 0.3) is 5.91 Å². The van der Waals surface area contributed by atoms with Gasteiger partial charge >= 0.3 is 0 Å². The van der Waals surface area contributed by atoms with Crippen LogP contribution < -0.4 is 5.32 Å². The molecule has 0 spiro atoms. The van der Waals surface area contributed by atoms with Crippen LogP contribution in [0.1, 0.15) is 34.6 Å². The number of carbonyl (C=O) groups is 1. The maximum Gasteiger partial charge on any atom is 0.276 e. The lowest BCUT2D eigenvalue weighted by Crippen LogP contribution is -2.36. The van der Waals surface area contributed by atoms with Crippen molar-refractivity contribution in [1.29, 1.82) is 0 Å². The predicted octanol–water partition coefficient (Wildman–Crippen LogP) is 1.96. The fourth-order valence-corrected chi connectivity index (χ4v) is 4.36. The van der Waals surface area contributed by atoms with Crippen LogP contribution in [0.15, 0.2) is 30.5 Å². The quantitative estimate of drug-likeness (QED) is 0.745. The zero-order valence-corrected chi connectivity index (χ0v) is 15.3. The van der Waals surface area contributed by atoms with Crippen molar-refractivity contribution in [3.63, 3.8) is 0 Å². The maximum absolute atomic E-state index is 12.9. The van der Waals surface area contributed by atoms with Gasteiger partial charge in [0.2, 0.25) is 0 Å². The molecule has 27 heavy (non-hydrogen) atoms. The third-order valence-electron chi connectivity index (χ3n) is 5.77. The first-order valence-corrected chi connectivity index (χ1v) is 9.76. The molecule has 1 saturated heterocycles. The third kappa shape index (κ3) is 3.12. The van der Waals surface area contributed by atoms with Crippen LogP contribution in [-0.2, 0) is 19.5 Å². The van der Waals surface area contributed by atoms with Crippen molar-refractivity contribution in [3.8, 4) is 0 Å². The largest absolute Gasteiger partial charge is 0.357 e. The van der Waals surface area contributed by atoms with Crippen LogP contribution in [0.4, 0.5) is 0 Å². The monoisotopic (exact) mass is 364 g/mol. The first kappa shape index (κ1) is 16.5. The van der Waals surface area contributed by atoms with Crippen LogP contribution in [-0.4, -0.2) is 50.4 Å². The number of amides is 1. The lowest BCUT2D eigenvalue weighted by atomic mass is 10.00. The van der Waals surface area contributed by atoms with Gasteiger partial charge in [-0.25, -0.2) is 0 Å². The van der Waals surface area contributed by atoms with Crippen LogP contribution in [0.2, 0.25) is 0 Å². The van der Waals surface area contributed by atoms with Gasteiger partial charge in [-0.2, -0.15) is 0 Å². The Labute approximate surface area is 157 Å². The molecule has 4 heterocycles. The van der Waals surface area contributed by atoms with E-state index in [-0.39, 0.29) is 5.91 Å². The molecule has 1 fully saturated rings. The molecule has 0 saturated carbocycles. The highest BCUT2D eigenvalue weighted by Gasteiger charge is 2.26. The molecule has 2 aliphatic heterocycles. The molecule has 1 atom stereocenters. The molecule has 0 radical (unpaired) electrons. The van der Waals surface area contributed by atoms with Crippen LogP contribution in [0, 0.1) is 5.92 Å². The highest BCUT2D eigenvalue weighted by atomic mass is 16.2. The minimum atomic E-state index is -0.0349. The molecule has 2 N–H and O–H groups in total. The molecule has 0 bridgehead atoms. The van der Waals surface area contributed by atoms with Crippen molar-refractivity contribution in [1.82, 2.24) is 30.2 Å². The Morgan fingerprint density at radius 1 is 1.30 bits per heavy atom. The number of fused-ring (bicyclic) bond motifs is 3. The topological polar surface area (TPSA) is 78.8 Å². The second kappa shape index (κ2) is 6.81. The zero-order valence-electron chi connectivity index (χ0n) is 15.3. The number of aromatic amines is 1. The van der Waals surface area contributed by atoms with Gasteiger partial charge in [-0.15, -0.1) is 5.10 Å². The van der Waals surface area contributed by atoms with E-state index in [1.165, 1.54) is 23.8 Å². The Balaban J connectivity index is 1.30. The molecule has 7 nitrogen and oxygen atoms in total. The normalized spacial score (nSPS) is 20.0. The van der Waals surface area contributed by atoms with Crippen LogP contribution >= 0.6 is 0 Å². The highest BCUT2D eigenvalue weighted by molar-refractivity contribution is 5.92. The molecule has 140 valence electrons. The lowest BCUT2D eigenvalue weighted by molar-refractivity contribution is 0.0727. The number of nitrogens with one attached hydrogen (secondary N) is 2. The van der Waals surface area contributed by atoms with Crippen molar-refractivity contribution >= 4 is 16.8 Å². The summed E-state index contributed by atoms with van der Waals surface area (Å²) < 4.78 is 1.82. The van der Waals surface area contributed by atoms with E-state index in [9.17, 15) is 4.79 Å². The predicted molar refractivity (Wildman–Crippen MR) is 102 cm³/mol. The molecule has 0 aliphatic carbocycles. The third-order valence-corrected chi connectivity index (χ3v) is 5.77. The van der Waals surface area contributed by atoms with Gasteiger partial charge in [-0.3, -0.25) is 9.48 Å². The molecule has 2 aliphatic rings. The highest BCUT2D eigenvalue weighted by Crippen LogP contribution is 2.27. The molecule has 0 unspecified atom stereocenters. The minimum Gasteiger partial charge on any atom is -0.357 e. The molecular weight excluding hydrogens is 340 g/mol. The fraction of sp³-hybridized carbons (Fsp3) is 0.450. The average molecular weight is 364 g/mol. The molecule has 3 aromatic rings. The smallest absolute Gasteiger partial charge is 0.276 e. The van der Waals surface area contributed by atoms with Crippen molar-refractivity contribution in [2.45, 2.75) is 32.4 Å². The van der Waals surface area contributed by atoms with E-state index in [4.69, 9.17) is 0 Å². The maximum atomic E-state index is 12.9. The second-order valence-corrected chi connectivity index (χ2v) is 7.64. The number of carbonyl (C=O) groups excluding carboxylic acids is 1. The summed E-state index contributed by atoms with van der Waals surface area (Å²) in [4.78, 5) is 18.3. The number of hydrogen-bond donors (Lipinski definition) is 2. The van der Waals surface area contributed by atoms with E-state index in [2.05, 4.69) is 38.8 Å². The summed E-state index contributed by atoms with van der Waals surface area (Å²) >= 11 is 0. The van der Waals surface area contributed by atoms with E-state index in [1.807, 2.05) is 15.6 Å². The number of H-pyrrole nitrogens is 1. The standard InChI is InChI=1S/C20H24N6O/c27-20(19-13-26(24-23-19)11-14-4-3-8-21-10-14)25-9-7-16-15-5-1-2-6-17(15)22-18(16)12-25/h1-2,5-6,13-14,21-22H,3-4,7-12H2/t14-/m1/s1. The van der Waals surface area contributed by atoms with Gasteiger partial charge in [-0.05, 0) is 49.9 Å². The molecule has 7 heteroatoms. The van der Waals surface area contributed by atoms with Gasteiger partial charge in [0.05, 0.1) is 12.7 Å². The summed E-state index contributed by atoms with van der Waals surface area (Å²) in [6, 6.07) is 8.33. The lowest BCUT2D eigenvalue weighted by Gasteiger charge is -2.26. The summed E-state index contributed by atoms with van der Waals surface area (Å²) in [5, 5.41) is 13.0. The molecule has 2 aromatic heterocycles. The summed E-state index contributed by atoms with van der Waals surface area (Å²) in [6.07, 6.45) is 5.07. The van der Waals surface area contributed by atoms with Crippen molar-refractivity contribution in [2.75, 3.05) is 19.6 Å². The summed E-state index contributed by atoms with van der Waals surface area (Å²) in [5.41, 5.74) is 4.06. The Bertz CT molecular complexity index is 968. The number of nitrogens with zero attached hydrogens (tertiary/aromatic N) is 4. The van der Waals surface area contributed by atoms with Gasteiger partial charge in [0, 0.05) is 29.7 Å². The number of benzene rings is 1. The van der Waals surface area contributed by atoms with E-state index in [0.717, 1.165) is 37.3 Å². The van der Waals surface area contributed by atoms with E-state index in [0.29, 0.717) is 24.7 Å². The Morgan fingerprint density at radius 3 is 3.11 bits per heavy atom. The van der Waals surface area contributed by atoms with Crippen LogP contribution in [0.25, 0.3) is 10.9 Å². The average Bonchev–Trinajstić information content (AvgIpc) is 3.32. The second-order valence-electron chi connectivity index (χ2n) is 7.64. The minimum absolute atomic E-state index is 0.0349. The van der Waals surface area contributed by atoms with Gasteiger partial charge in [-0.1, -0.05) is 23.4 Å². The summed E-state index contributed by atoms with van der Waals surface area (Å²) in [5.74, 6) is 0.527. The van der Waals surface area contributed by atoms with Crippen molar-refractivity contribution in [2.24, 2.45) is 5.92 Å². The molecular formula is C20H24N6O. The Kier molecular flexibility index (Phi) is 4.16. The van der Waals surface area contributed by atoms with Crippen LogP contribution in [0.3, 0.4) is 0 Å². The van der Waals surface area contributed by atoms with Crippen LogP contribution in [0.5, 0.6) is 0 Å². The van der Waals surface area contributed by atoms with E-state index >= 15 is 0 Å². The number of piperidine rings is 1. The van der Waals surface area contributed by atoms with Gasteiger partial charge in [0.15, 0.2) is 5.69 Å². The zero-order chi connectivity index (χ0) is 18.2. The Morgan fingerprint density at radius 2 is 2.22 bits per heavy atom. The summed E-state index contributed by atoms with van der Waals surface area (Å²) in [7, 11) is 0. The first-order chi connectivity index (χ1) is 13.3. The van der Waals surface area contributed by atoms with Crippen molar-refractivity contribution in [3.05, 3.63) is 47.4 Å². The molecule has 1 aromatic carbocycles. The SMILES string of the molecule is O=C(c1cn(C[C@@H]2CCCNC2)nn1)N1CCc2c([nH]c3ccccc23)C1. The van der Waals surface area contributed by atoms with E-state index in [1.54, 1.807) is 6.20 Å². The number of hydrogen-bond acceptors (Lipinski definition) is 4. The van der Waals surface area contributed by atoms with Gasteiger partial charge in [0.1, 0.15) is 0 Å². The van der Waals surface area contributed by atoms with Gasteiger partial charge < -0.3 is 15.2 Å². The summed E-state index contributed by atoms with van der Waals surface area (Å²) in [6.45, 7) is 4.25. The van der Waals surface area contributed by atoms with Crippen molar-refractivity contribution < 1.29 is 4.79 Å². The number of aromatic nitrogens is 4. The number of rotatable bonds is 3. The number of para-hydroxylation sites is 1.